The van der Waals surface area contributed by atoms with Gasteiger partial charge in [0.25, 0.3) is 0 Å². The molecule has 2 rings (SSSR count). The highest BCUT2D eigenvalue weighted by atomic mass is 16.5. The van der Waals surface area contributed by atoms with Crippen LogP contribution in [0.3, 0.4) is 0 Å². The monoisotopic (exact) mass is 261 g/mol. The van der Waals surface area contributed by atoms with Gasteiger partial charge >= 0.3 is 0 Å². The lowest BCUT2D eigenvalue weighted by Crippen LogP contribution is -2.23. The van der Waals surface area contributed by atoms with Gasteiger partial charge in [0.05, 0.1) is 11.4 Å². The van der Waals surface area contributed by atoms with E-state index in [2.05, 4.69) is 18.4 Å². The zero-order chi connectivity index (χ0) is 14.8. The Balaban J connectivity index is 0.000000741. The Morgan fingerprint density at radius 2 is 1.74 bits per heavy atom. The first-order valence-corrected chi connectivity index (χ1v) is 7.14. The molecule has 2 heteroatoms. The Morgan fingerprint density at radius 3 is 2.26 bits per heavy atom. The second-order valence-corrected chi connectivity index (χ2v) is 3.49. The summed E-state index contributed by atoms with van der Waals surface area (Å²) in [7, 11) is 2.04. The van der Waals surface area contributed by atoms with Gasteiger partial charge in [0.1, 0.15) is 5.76 Å². The first-order chi connectivity index (χ1) is 9.27. The number of hydrogen-bond acceptors (Lipinski definition) is 2. The third-order valence-corrected chi connectivity index (χ3v) is 2.62. The van der Waals surface area contributed by atoms with E-state index in [0.717, 1.165) is 29.3 Å². The maximum atomic E-state index is 5.82. The number of rotatable bonds is 2. The van der Waals surface area contributed by atoms with Crippen molar-refractivity contribution in [2.75, 3.05) is 11.9 Å². The van der Waals surface area contributed by atoms with Crippen LogP contribution in [-0.4, -0.2) is 7.05 Å². The van der Waals surface area contributed by atoms with Crippen molar-refractivity contribution in [3.8, 4) is 5.75 Å². The highest BCUT2D eigenvalue weighted by molar-refractivity contribution is 5.66. The van der Waals surface area contributed by atoms with Gasteiger partial charge in [0, 0.05) is 13.5 Å². The summed E-state index contributed by atoms with van der Waals surface area (Å²) in [5, 5.41) is 0. The fourth-order valence-electron chi connectivity index (χ4n) is 1.83. The molecule has 2 nitrogen and oxygen atoms in total. The van der Waals surface area contributed by atoms with Gasteiger partial charge in [-0.15, -0.1) is 0 Å². The molecule has 0 spiro atoms. The highest BCUT2D eigenvalue weighted by Crippen LogP contribution is 2.37. The summed E-state index contributed by atoms with van der Waals surface area (Å²) in [5.74, 6) is 1.90. The summed E-state index contributed by atoms with van der Waals surface area (Å²) < 4.78 is 5.82. The minimum atomic E-state index is 0.875. The number of benzene rings is 1. The highest BCUT2D eigenvalue weighted by Gasteiger charge is 2.20. The summed E-state index contributed by atoms with van der Waals surface area (Å²) >= 11 is 0. The Morgan fingerprint density at radius 1 is 1.16 bits per heavy atom. The smallest absolute Gasteiger partial charge is 0.150 e. The lowest BCUT2D eigenvalue weighted by Gasteiger charge is -2.30. The molecule has 1 aliphatic heterocycles. The van der Waals surface area contributed by atoms with Gasteiger partial charge in [-0.3, -0.25) is 0 Å². The molecule has 0 unspecified atom stereocenters. The molecule has 0 saturated heterocycles. The molecule has 0 aromatic heterocycles. The van der Waals surface area contributed by atoms with Crippen LogP contribution in [0, 0.1) is 0 Å². The van der Waals surface area contributed by atoms with Gasteiger partial charge in [-0.25, -0.2) is 0 Å². The summed E-state index contributed by atoms with van der Waals surface area (Å²) in [4.78, 5) is 2.12. The second-order valence-electron chi connectivity index (χ2n) is 3.49. The lowest BCUT2D eigenvalue weighted by molar-refractivity contribution is 0.394. The van der Waals surface area contributed by atoms with Crippen LogP contribution in [0.25, 0.3) is 0 Å². The van der Waals surface area contributed by atoms with Crippen LogP contribution in [0.4, 0.5) is 5.69 Å². The molecular formula is C17H27NO. The summed E-state index contributed by atoms with van der Waals surface area (Å²) in [6, 6.07) is 8.03. The Hall–Kier alpha value is -1.70. The summed E-state index contributed by atoms with van der Waals surface area (Å²) in [5.41, 5.74) is 2.14. The zero-order valence-electron chi connectivity index (χ0n) is 13.2. The molecule has 0 radical (unpaired) electrons. The van der Waals surface area contributed by atoms with Gasteiger partial charge in [0.15, 0.2) is 5.75 Å². The minimum absolute atomic E-state index is 0.875. The Kier molecular flexibility index (Phi) is 8.43. The van der Waals surface area contributed by atoms with E-state index in [0.29, 0.717) is 0 Å². The molecule has 1 aromatic carbocycles. The van der Waals surface area contributed by atoms with E-state index in [-0.39, 0.29) is 0 Å². The van der Waals surface area contributed by atoms with Crippen molar-refractivity contribution in [3.63, 3.8) is 0 Å². The zero-order valence-corrected chi connectivity index (χ0v) is 13.2. The molecule has 1 aliphatic rings. The van der Waals surface area contributed by atoms with Crippen molar-refractivity contribution in [2.45, 2.75) is 41.0 Å². The third-order valence-electron chi connectivity index (χ3n) is 2.62. The van der Waals surface area contributed by atoms with Crippen LogP contribution < -0.4 is 9.64 Å². The fourth-order valence-corrected chi connectivity index (χ4v) is 1.83. The number of para-hydroxylation sites is 2. The van der Waals surface area contributed by atoms with E-state index in [9.17, 15) is 0 Å². The van der Waals surface area contributed by atoms with Crippen molar-refractivity contribution in [3.05, 3.63) is 48.4 Å². The van der Waals surface area contributed by atoms with Crippen molar-refractivity contribution in [2.24, 2.45) is 0 Å². The lowest BCUT2D eigenvalue weighted by atomic mass is 10.2. The van der Waals surface area contributed by atoms with Crippen LogP contribution in [0.15, 0.2) is 48.4 Å². The van der Waals surface area contributed by atoms with E-state index >= 15 is 0 Å². The number of likely N-dealkylation sites (N-methyl/N-ethyl adjacent to an activating group) is 1. The van der Waals surface area contributed by atoms with Gasteiger partial charge in [0.2, 0.25) is 0 Å². The van der Waals surface area contributed by atoms with Crippen LogP contribution in [0.5, 0.6) is 5.75 Å². The number of hydrogen-bond donors (Lipinski definition) is 0. The molecule has 0 amide bonds. The van der Waals surface area contributed by atoms with E-state index < -0.39 is 0 Å². The first-order valence-electron chi connectivity index (χ1n) is 7.14. The van der Waals surface area contributed by atoms with Crippen molar-refractivity contribution in [1.82, 2.24) is 0 Å². The Labute approximate surface area is 118 Å². The molecule has 0 atom stereocenters. The summed E-state index contributed by atoms with van der Waals surface area (Å²) in [6.45, 7) is 13.9. The molecule has 0 bridgehead atoms. The van der Waals surface area contributed by atoms with Crippen LogP contribution in [-0.2, 0) is 0 Å². The predicted octanol–water partition coefficient (Wildman–Crippen LogP) is 5.38. The molecule has 0 N–H and O–H groups in total. The number of ether oxygens (including phenoxy) is 1. The van der Waals surface area contributed by atoms with Crippen molar-refractivity contribution >= 4 is 5.69 Å². The predicted molar refractivity (Wildman–Crippen MR) is 85.7 cm³/mol. The van der Waals surface area contributed by atoms with Crippen LogP contribution in [0.1, 0.15) is 41.0 Å². The molecule has 19 heavy (non-hydrogen) atoms. The van der Waals surface area contributed by atoms with Crippen LogP contribution >= 0.6 is 0 Å². The van der Waals surface area contributed by atoms with Gasteiger partial charge < -0.3 is 9.64 Å². The maximum Gasteiger partial charge on any atom is 0.150 e. The SMILES string of the molecule is C=CC1=C(CC)Oc2ccccc2N1C.CC.CC. The quantitative estimate of drug-likeness (QED) is 0.709. The molecule has 1 heterocycles. The van der Waals surface area contributed by atoms with Gasteiger partial charge in [-0.05, 0) is 18.2 Å². The van der Waals surface area contributed by atoms with Gasteiger partial charge in [-0.2, -0.15) is 0 Å². The maximum absolute atomic E-state index is 5.82. The molecule has 0 saturated carbocycles. The van der Waals surface area contributed by atoms with Crippen LogP contribution in [0.2, 0.25) is 0 Å². The van der Waals surface area contributed by atoms with Gasteiger partial charge in [-0.1, -0.05) is 53.3 Å². The summed E-state index contributed by atoms with van der Waals surface area (Å²) in [6.07, 6.45) is 2.72. The number of fused-ring (bicyclic) bond motifs is 1. The minimum Gasteiger partial charge on any atom is -0.457 e. The molecular weight excluding hydrogens is 234 g/mol. The second kappa shape index (κ2) is 9.26. The average molecular weight is 261 g/mol. The van der Waals surface area contributed by atoms with E-state index in [1.165, 1.54) is 0 Å². The largest absolute Gasteiger partial charge is 0.457 e. The third kappa shape index (κ3) is 3.88. The topological polar surface area (TPSA) is 12.5 Å². The first kappa shape index (κ1) is 17.3. The average Bonchev–Trinajstić information content (AvgIpc) is 2.51. The molecule has 1 aromatic rings. The number of allylic oxidation sites excluding steroid dienone is 2. The van der Waals surface area contributed by atoms with Crippen molar-refractivity contribution in [1.29, 1.82) is 0 Å². The molecule has 106 valence electrons. The number of anilines is 1. The van der Waals surface area contributed by atoms with Crippen molar-refractivity contribution < 1.29 is 4.74 Å². The standard InChI is InChI=1S/C13H15NO.2C2H6/c1-4-10-12(5-2)15-13-9-7-6-8-11(13)14(10)3;2*1-2/h4,6-9H,1,5H2,2-3H3;2*1-2H3. The fraction of sp³-hybridized carbons (Fsp3) is 0.412. The Bertz CT molecular complexity index is 421. The van der Waals surface area contributed by atoms with E-state index in [1.807, 2.05) is 65.1 Å². The molecule has 0 aliphatic carbocycles. The normalized spacial score (nSPS) is 12.2. The van der Waals surface area contributed by atoms with E-state index in [4.69, 9.17) is 4.74 Å². The van der Waals surface area contributed by atoms with E-state index in [1.54, 1.807) is 0 Å². The molecule has 0 fully saturated rings. The number of nitrogens with zero attached hydrogens (tertiary/aromatic N) is 1.